The number of rotatable bonds is 3. The Balaban J connectivity index is 1.38. The summed E-state index contributed by atoms with van der Waals surface area (Å²) < 4.78 is 39.0. The van der Waals surface area contributed by atoms with Crippen molar-refractivity contribution in [2.45, 2.75) is 121 Å². The molecule has 37 heavy (non-hydrogen) atoms. The Morgan fingerprint density at radius 2 is 1.49 bits per heavy atom. The molecule has 4 fully saturated rings. The Hall–Kier alpha value is -1.64. The molecule has 2 heterocycles. The topological polar surface area (TPSA) is 47.6 Å². The van der Waals surface area contributed by atoms with E-state index in [1.54, 1.807) is 0 Å². The van der Waals surface area contributed by atoms with Crippen LogP contribution < -0.4 is 10.7 Å². The molecule has 0 spiro atoms. The number of benzene rings is 1. The van der Waals surface area contributed by atoms with E-state index in [4.69, 9.17) is 0 Å². The Labute approximate surface area is 219 Å². The van der Waals surface area contributed by atoms with E-state index in [-0.39, 0.29) is 18.0 Å². The van der Waals surface area contributed by atoms with Gasteiger partial charge >= 0.3 is 6.18 Å². The first-order valence-electron chi connectivity index (χ1n) is 14.6. The van der Waals surface area contributed by atoms with Crippen LogP contribution in [0, 0.1) is 11.8 Å². The van der Waals surface area contributed by atoms with Crippen LogP contribution in [-0.4, -0.2) is 46.7 Å². The predicted octanol–water partition coefficient (Wildman–Crippen LogP) is 6.56. The van der Waals surface area contributed by atoms with Gasteiger partial charge in [0.25, 0.3) is 0 Å². The van der Waals surface area contributed by atoms with Crippen LogP contribution in [0.1, 0.15) is 96.0 Å². The number of carbonyl (C=O) groups is 1. The number of hydrogen-bond donors (Lipinski definition) is 2. The molecule has 2 saturated carbocycles. The number of alkyl halides is 3. The minimum Gasteiger partial charge on any atom is -0.326 e. The number of halogens is 3. The van der Waals surface area contributed by atoms with Crippen molar-refractivity contribution < 1.29 is 18.0 Å². The van der Waals surface area contributed by atoms with Crippen molar-refractivity contribution in [1.29, 1.82) is 0 Å². The first-order chi connectivity index (χ1) is 17.8. The fraction of sp³-hybridized carbons (Fsp3) is 0.759. The molecular weight excluding hydrogens is 477 g/mol. The van der Waals surface area contributed by atoms with Gasteiger partial charge in [0.05, 0.1) is 17.6 Å². The van der Waals surface area contributed by atoms with Gasteiger partial charge in [-0.05, 0) is 62.8 Å². The summed E-state index contributed by atoms with van der Waals surface area (Å²) in [6.07, 6.45) is 11.9. The van der Waals surface area contributed by atoms with Crippen molar-refractivity contribution in [3.63, 3.8) is 0 Å². The second kappa shape index (κ2) is 11.6. The minimum absolute atomic E-state index is 0.0169. The average Bonchev–Trinajstić information content (AvgIpc) is 3.33. The lowest BCUT2D eigenvalue weighted by Gasteiger charge is -2.57. The van der Waals surface area contributed by atoms with E-state index in [9.17, 15) is 18.0 Å². The van der Waals surface area contributed by atoms with Crippen LogP contribution in [0.5, 0.6) is 0 Å². The van der Waals surface area contributed by atoms with Crippen molar-refractivity contribution in [1.82, 2.24) is 15.3 Å². The Kier molecular flexibility index (Phi) is 8.46. The monoisotopic (exact) mass is 520 g/mol. The third-order valence-electron chi connectivity index (χ3n) is 9.49. The first kappa shape index (κ1) is 26.9. The lowest BCUT2D eigenvalue weighted by atomic mass is 9.75. The summed E-state index contributed by atoms with van der Waals surface area (Å²) in [5.74, 6) is 0.221. The molecule has 4 aliphatic rings. The van der Waals surface area contributed by atoms with Crippen LogP contribution in [-0.2, 0) is 11.0 Å². The van der Waals surface area contributed by atoms with Crippen LogP contribution in [0.4, 0.5) is 18.9 Å². The molecule has 1 amide bonds. The highest BCUT2D eigenvalue weighted by Gasteiger charge is 2.55. The molecule has 5 rings (SSSR count). The predicted molar refractivity (Wildman–Crippen MR) is 140 cm³/mol. The fourth-order valence-corrected chi connectivity index (χ4v) is 7.61. The quantitative estimate of drug-likeness (QED) is 0.474. The Bertz CT molecular complexity index is 897. The second-order valence-corrected chi connectivity index (χ2v) is 11.8. The zero-order chi connectivity index (χ0) is 26.0. The molecule has 2 aliphatic heterocycles. The van der Waals surface area contributed by atoms with E-state index >= 15 is 0 Å². The summed E-state index contributed by atoms with van der Waals surface area (Å²) in [6, 6.07) is 6.12. The third kappa shape index (κ3) is 5.86. The summed E-state index contributed by atoms with van der Waals surface area (Å²) in [5.41, 5.74) is 3.34. The molecule has 0 aromatic heterocycles. The van der Waals surface area contributed by atoms with Gasteiger partial charge in [0.2, 0.25) is 5.91 Å². The number of amides is 1. The van der Waals surface area contributed by atoms with Gasteiger partial charge in [-0.3, -0.25) is 15.1 Å². The van der Waals surface area contributed by atoms with E-state index < -0.39 is 11.7 Å². The van der Waals surface area contributed by atoms with Gasteiger partial charge < -0.3 is 5.32 Å². The molecule has 0 bridgehead atoms. The molecule has 5 nitrogen and oxygen atoms in total. The van der Waals surface area contributed by atoms with Gasteiger partial charge in [0.1, 0.15) is 0 Å². The summed E-state index contributed by atoms with van der Waals surface area (Å²) in [5, 5.41) is 5.36. The van der Waals surface area contributed by atoms with E-state index in [0.717, 1.165) is 18.6 Å². The molecule has 1 aromatic carbocycles. The number of anilines is 1. The number of hydrogen-bond acceptors (Lipinski definition) is 4. The van der Waals surface area contributed by atoms with Crippen LogP contribution in [0.2, 0.25) is 0 Å². The van der Waals surface area contributed by atoms with Crippen molar-refractivity contribution in [3.8, 4) is 0 Å². The number of nitrogens with zero attached hydrogens (tertiary/aromatic N) is 2. The zero-order valence-electron chi connectivity index (χ0n) is 22.1. The highest BCUT2D eigenvalue weighted by molar-refractivity contribution is 5.93. The summed E-state index contributed by atoms with van der Waals surface area (Å²) in [4.78, 5) is 16.3. The maximum atomic E-state index is 13.6. The van der Waals surface area contributed by atoms with Gasteiger partial charge in [-0.1, -0.05) is 57.8 Å². The molecule has 1 aromatic rings. The Morgan fingerprint density at radius 1 is 0.892 bits per heavy atom. The molecule has 0 radical (unpaired) electrons. The van der Waals surface area contributed by atoms with E-state index in [2.05, 4.69) is 27.6 Å². The van der Waals surface area contributed by atoms with Crippen LogP contribution >= 0.6 is 0 Å². The highest BCUT2D eigenvalue weighted by atomic mass is 19.4. The number of hydrazine groups is 1. The normalized spacial score (nSPS) is 32.9. The summed E-state index contributed by atoms with van der Waals surface area (Å²) in [6.45, 7) is 2.96. The van der Waals surface area contributed by atoms with Gasteiger partial charge in [0.15, 0.2) is 0 Å². The fourth-order valence-electron chi connectivity index (χ4n) is 7.61. The van der Waals surface area contributed by atoms with Gasteiger partial charge in [-0.15, -0.1) is 0 Å². The van der Waals surface area contributed by atoms with Gasteiger partial charge in [-0.2, -0.15) is 13.2 Å². The smallest absolute Gasteiger partial charge is 0.326 e. The summed E-state index contributed by atoms with van der Waals surface area (Å²) >= 11 is 0. The lowest BCUT2D eigenvalue weighted by Crippen LogP contribution is -2.69. The van der Waals surface area contributed by atoms with Crippen LogP contribution in [0.25, 0.3) is 0 Å². The van der Waals surface area contributed by atoms with Crippen molar-refractivity contribution >= 4 is 11.6 Å². The van der Waals surface area contributed by atoms with E-state index in [1.165, 1.54) is 89.2 Å². The maximum absolute atomic E-state index is 13.6. The molecule has 2 N–H and O–H groups in total. The molecule has 8 heteroatoms. The number of carbonyl (C=O) groups excluding carboxylic acids is 1. The first-order valence-corrected chi connectivity index (χ1v) is 14.6. The minimum atomic E-state index is -4.39. The third-order valence-corrected chi connectivity index (χ3v) is 9.49. The van der Waals surface area contributed by atoms with Crippen molar-refractivity contribution in [2.24, 2.45) is 11.8 Å². The largest absolute Gasteiger partial charge is 0.416 e. The molecule has 5 unspecified atom stereocenters. The number of nitrogens with one attached hydrogen (secondary N) is 2. The maximum Gasteiger partial charge on any atom is 0.416 e. The van der Waals surface area contributed by atoms with Crippen molar-refractivity contribution in [2.75, 3.05) is 11.9 Å². The molecule has 5 atom stereocenters. The zero-order valence-corrected chi connectivity index (χ0v) is 22.1. The molecule has 2 aliphatic carbocycles. The van der Waals surface area contributed by atoms with Crippen molar-refractivity contribution in [3.05, 3.63) is 29.8 Å². The molecular formula is C29H43F3N4O. The Morgan fingerprint density at radius 3 is 2.14 bits per heavy atom. The standard InChI is InChI=1S/C29H43F3N4O/c1-20-24-13-9-10-14-26(24)36-28(35(20)23-11-7-5-3-2-4-6-8-12-23)25(19-33-36)27(37)34-22-17-15-21(16-18-22)29(30,31)32/h15-18,20,23-26,28,33H,2-14,19H2,1H3,(H,34,37). The van der Waals surface area contributed by atoms with Crippen LogP contribution in [0.3, 0.4) is 0 Å². The second-order valence-electron chi connectivity index (χ2n) is 11.8. The van der Waals surface area contributed by atoms with Crippen LogP contribution in [0.15, 0.2) is 24.3 Å². The van der Waals surface area contributed by atoms with E-state index in [0.29, 0.717) is 36.3 Å². The van der Waals surface area contributed by atoms with Gasteiger partial charge in [0, 0.05) is 30.4 Å². The SMILES string of the molecule is CC1C2CCCCC2N2NCC(C(=O)Nc3ccc(C(F)(F)F)cc3)C2N1C1CCCCCCCCC1. The molecule has 206 valence electrons. The van der Waals surface area contributed by atoms with Gasteiger partial charge in [-0.25, -0.2) is 5.01 Å². The average molecular weight is 521 g/mol. The summed E-state index contributed by atoms with van der Waals surface area (Å²) in [7, 11) is 0. The lowest BCUT2D eigenvalue weighted by molar-refractivity contribution is -0.149. The molecule has 2 saturated heterocycles. The number of fused-ring (bicyclic) bond motifs is 3. The van der Waals surface area contributed by atoms with E-state index in [1.807, 2.05) is 0 Å². The highest BCUT2D eigenvalue weighted by Crippen LogP contribution is 2.44.